The summed E-state index contributed by atoms with van der Waals surface area (Å²) >= 11 is 0. The normalized spacial score (nSPS) is 11.0. The molecule has 0 fully saturated rings. The minimum absolute atomic E-state index is 0.0284. The van der Waals surface area contributed by atoms with Crippen LogP contribution in [0, 0.1) is 6.92 Å². The Morgan fingerprint density at radius 2 is 1.62 bits per heavy atom. The van der Waals surface area contributed by atoms with E-state index in [-0.39, 0.29) is 29.7 Å². The Balaban J connectivity index is 1.65. The van der Waals surface area contributed by atoms with E-state index in [4.69, 9.17) is 13.9 Å². The predicted molar refractivity (Wildman–Crippen MR) is 125 cm³/mol. The van der Waals surface area contributed by atoms with Crippen LogP contribution in [0.2, 0.25) is 0 Å². The number of para-hydroxylation sites is 1. The lowest BCUT2D eigenvalue weighted by Crippen LogP contribution is -2.17. The van der Waals surface area contributed by atoms with Crippen molar-refractivity contribution in [1.82, 2.24) is 0 Å². The third kappa shape index (κ3) is 4.57. The van der Waals surface area contributed by atoms with E-state index < -0.39 is 0 Å². The molecule has 0 atom stereocenters. The number of aryl methyl sites for hydroxylation is 1. The molecule has 0 aliphatic heterocycles. The number of Topliss-reactive ketones (excluding diaryl/α,β-unsaturated/α-hetero) is 1. The molecule has 0 aliphatic rings. The van der Waals surface area contributed by atoms with Gasteiger partial charge in [-0.25, -0.2) is 0 Å². The third-order valence-corrected chi connectivity index (χ3v) is 4.97. The van der Waals surface area contributed by atoms with E-state index in [0.717, 1.165) is 5.56 Å². The Bertz CT molecular complexity index is 1300. The molecule has 5 heteroatoms. The van der Waals surface area contributed by atoms with Gasteiger partial charge in [-0.1, -0.05) is 42.0 Å². The lowest BCUT2D eigenvalue weighted by molar-refractivity contribution is 0.0920. The van der Waals surface area contributed by atoms with Crippen LogP contribution in [0.25, 0.3) is 22.3 Å². The van der Waals surface area contributed by atoms with Gasteiger partial charge in [0.15, 0.2) is 18.2 Å². The molecule has 3 aromatic carbocycles. The van der Waals surface area contributed by atoms with Crippen LogP contribution in [0.4, 0.5) is 0 Å². The molecule has 162 valence electrons. The average Bonchev–Trinajstić information content (AvgIpc) is 2.79. The van der Waals surface area contributed by atoms with Crippen LogP contribution in [0.5, 0.6) is 11.5 Å². The first kappa shape index (κ1) is 21.4. The van der Waals surface area contributed by atoms with Crippen molar-refractivity contribution in [3.8, 4) is 22.8 Å². The monoisotopic (exact) mass is 428 g/mol. The Morgan fingerprint density at radius 1 is 0.938 bits per heavy atom. The first-order valence-corrected chi connectivity index (χ1v) is 10.5. The molecule has 0 amide bonds. The van der Waals surface area contributed by atoms with Gasteiger partial charge < -0.3 is 13.9 Å². The van der Waals surface area contributed by atoms with E-state index in [1.807, 2.05) is 45.0 Å². The van der Waals surface area contributed by atoms with E-state index in [1.165, 1.54) is 0 Å². The van der Waals surface area contributed by atoms with Gasteiger partial charge in [-0.15, -0.1) is 0 Å². The summed E-state index contributed by atoms with van der Waals surface area (Å²) in [6.45, 7) is 5.57. The van der Waals surface area contributed by atoms with Gasteiger partial charge in [0.1, 0.15) is 11.3 Å². The fourth-order valence-electron chi connectivity index (χ4n) is 3.36. The highest BCUT2D eigenvalue weighted by Crippen LogP contribution is 2.31. The van der Waals surface area contributed by atoms with E-state index in [2.05, 4.69) is 0 Å². The lowest BCUT2D eigenvalue weighted by atomic mass is 10.1. The number of benzene rings is 3. The maximum Gasteiger partial charge on any atom is 0.235 e. The molecule has 0 saturated heterocycles. The molecule has 1 aromatic heterocycles. The standard InChI is InChI=1S/C27H24O5/c1-17(2)31-21-14-12-19(13-15-21)23(28)16-30-27-25(29)22-6-4-5-7-24(22)32-26(27)20-10-8-18(3)9-11-20/h4-15,17H,16H2,1-3H3. The van der Waals surface area contributed by atoms with E-state index in [0.29, 0.717) is 33.6 Å². The van der Waals surface area contributed by atoms with Crippen LogP contribution in [0.1, 0.15) is 29.8 Å². The molecule has 0 aliphatic carbocycles. The number of carbonyl (C=O) groups excluding carboxylic acids is 1. The first-order chi connectivity index (χ1) is 15.4. The number of carbonyl (C=O) groups is 1. The van der Waals surface area contributed by atoms with Crippen LogP contribution in [0.15, 0.2) is 82.0 Å². The number of hydrogen-bond acceptors (Lipinski definition) is 5. The maximum absolute atomic E-state index is 13.2. The summed E-state index contributed by atoms with van der Waals surface area (Å²) in [7, 11) is 0. The summed E-state index contributed by atoms with van der Waals surface area (Å²) in [4.78, 5) is 25.9. The maximum atomic E-state index is 13.2. The van der Waals surface area contributed by atoms with Crippen molar-refractivity contribution in [3.05, 3.63) is 94.1 Å². The Labute approximate surface area is 186 Å². The average molecular weight is 428 g/mol. The highest BCUT2D eigenvalue weighted by Gasteiger charge is 2.19. The summed E-state index contributed by atoms with van der Waals surface area (Å²) in [5.74, 6) is 0.778. The van der Waals surface area contributed by atoms with Crippen LogP contribution in [-0.4, -0.2) is 18.5 Å². The number of hydrogen-bond donors (Lipinski definition) is 0. The first-order valence-electron chi connectivity index (χ1n) is 10.5. The molecule has 32 heavy (non-hydrogen) atoms. The van der Waals surface area contributed by atoms with Crippen molar-refractivity contribution in [2.75, 3.05) is 6.61 Å². The van der Waals surface area contributed by atoms with Gasteiger partial charge in [0.05, 0.1) is 11.5 Å². The van der Waals surface area contributed by atoms with Gasteiger partial charge in [-0.05, 0) is 57.2 Å². The second kappa shape index (κ2) is 9.10. The van der Waals surface area contributed by atoms with Crippen LogP contribution < -0.4 is 14.9 Å². The quantitative estimate of drug-likeness (QED) is 0.347. The molecule has 0 N–H and O–H groups in total. The van der Waals surface area contributed by atoms with Crippen molar-refractivity contribution < 1.29 is 18.7 Å². The van der Waals surface area contributed by atoms with Gasteiger partial charge in [0, 0.05) is 11.1 Å². The van der Waals surface area contributed by atoms with Gasteiger partial charge in [0.25, 0.3) is 0 Å². The van der Waals surface area contributed by atoms with Crippen LogP contribution in [0.3, 0.4) is 0 Å². The molecule has 5 nitrogen and oxygen atoms in total. The van der Waals surface area contributed by atoms with Crippen molar-refractivity contribution in [2.45, 2.75) is 26.9 Å². The van der Waals surface area contributed by atoms with Crippen molar-refractivity contribution in [3.63, 3.8) is 0 Å². The van der Waals surface area contributed by atoms with Crippen molar-refractivity contribution in [2.24, 2.45) is 0 Å². The number of fused-ring (bicyclic) bond motifs is 1. The van der Waals surface area contributed by atoms with E-state index >= 15 is 0 Å². The zero-order valence-corrected chi connectivity index (χ0v) is 18.3. The summed E-state index contributed by atoms with van der Waals surface area (Å²) < 4.78 is 17.4. The van der Waals surface area contributed by atoms with Gasteiger partial charge >= 0.3 is 0 Å². The molecule has 4 rings (SSSR count). The molecule has 0 saturated carbocycles. The SMILES string of the molecule is Cc1ccc(-c2oc3ccccc3c(=O)c2OCC(=O)c2ccc(OC(C)C)cc2)cc1. The second-order valence-electron chi connectivity index (χ2n) is 7.85. The summed E-state index contributed by atoms with van der Waals surface area (Å²) in [5.41, 5.74) is 2.42. The molecule has 4 aromatic rings. The Hall–Kier alpha value is -3.86. The molecular formula is C27H24O5. The number of ketones is 1. The Morgan fingerprint density at radius 3 is 2.31 bits per heavy atom. The summed E-state index contributed by atoms with van der Waals surface area (Å²) in [6.07, 6.45) is 0.0483. The zero-order valence-electron chi connectivity index (χ0n) is 18.3. The topological polar surface area (TPSA) is 65.7 Å². The molecular weight excluding hydrogens is 404 g/mol. The largest absolute Gasteiger partial charge is 0.491 e. The molecule has 0 spiro atoms. The van der Waals surface area contributed by atoms with Crippen molar-refractivity contribution >= 4 is 16.8 Å². The van der Waals surface area contributed by atoms with Crippen LogP contribution >= 0.6 is 0 Å². The fourth-order valence-corrected chi connectivity index (χ4v) is 3.36. The number of ether oxygens (including phenoxy) is 2. The Kier molecular flexibility index (Phi) is 6.08. The third-order valence-electron chi connectivity index (χ3n) is 4.97. The predicted octanol–water partition coefficient (Wildman–Crippen LogP) is 5.82. The summed E-state index contributed by atoms with van der Waals surface area (Å²) in [6, 6.07) is 21.5. The fraction of sp³-hybridized carbons (Fsp3) is 0.185. The van der Waals surface area contributed by atoms with Gasteiger partial charge in [-0.2, -0.15) is 0 Å². The zero-order chi connectivity index (χ0) is 22.7. The lowest BCUT2D eigenvalue weighted by Gasteiger charge is -2.12. The highest BCUT2D eigenvalue weighted by molar-refractivity contribution is 5.97. The summed E-state index contributed by atoms with van der Waals surface area (Å²) in [5, 5.41) is 0.404. The minimum atomic E-state index is -0.309. The molecule has 0 bridgehead atoms. The van der Waals surface area contributed by atoms with Crippen molar-refractivity contribution in [1.29, 1.82) is 0 Å². The van der Waals surface area contributed by atoms with E-state index in [1.54, 1.807) is 48.5 Å². The van der Waals surface area contributed by atoms with Crippen LogP contribution in [-0.2, 0) is 0 Å². The molecule has 0 radical (unpaired) electrons. The smallest absolute Gasteiger partial charge is 0.235 e. The van der Waals surface area contributed by atoms with Gasteiger partial charge in [-0.3, -0.25) is 9.59 Å². The van der Waals surface area contributed by atoms with Gasteiger partial charge in [0.2, 0.25) is 11.2 Å². The highest BCUT2D eigenvalue weighted by atomic mass is 16.5. The van der Waals surface area contributed by atoms with E-state index in [9.17, 15) is 9.59 Å². The number of rotatable bonds is 7. The molecule has 1 heterocycles. The minimum Gasteiger partial charge on any atom is -0.491 e. The second-order valence-corrected chi connectivity index (χ2v) is 7.85. The molecule has 0 unspecified atom stereocenters.